The van der Waals surface area contributed by atoms with Gasteiger partial charge in [0.1, 0.15) is 6.33 Å². The molecule has 0 amide bonds. The van der Waals surface area contributed by atoms with Gasteiger partial charge in [0.2, 0.25) is 5.95 Å². The molecule has 0 aliphatic carbocycles. The highest BCUT2D eigenvalue weighted by Crippen LogP contribution is 2.18. The van der Waals surface area contributed by atoms with E-state index < -0.39 is 10.0 Å². The lowest BCUT2D eigenvalue weighted by Crippen LogP contribution is -2.16. The molecule has 0 radical (unpaired) electrons. The van der Waals surface area contributed by atoms with Gasteiger partial charge in [-0.2, -0.15) is 10.1 Å². The number of anilines is 2. The fraction of sp³-hybridized carbons (Fsp3) is 0.200. The van der Waals surface area contributed by atoms with Crippen LogP contribution in [0.3, 0.4) is 0 Å². The molecule has 7 nitrogen and oxygen atoms in total. The highest BCUT2D eigenvalue weighted by molar-refractivity contribution is 7.92. The number of rotatable bonds is 3. The second kappa shape index (κ2) is 4.30. The summed E-state index contributed by atoms with van der Waals surface area (Å²) < 4.78 is 27.9. The van der Waals surface area contributed by atoms with E-state index in [0.29, 0.717) is 5.69 Å². The van der Waals surface area contributed by atoms with Crippen molar-refractivity contribution in [2.75, 3.05) is 10.5 Å². The third-order valence-electron chi connectivity index (χ3n) is 2.32. The fourth-order valence-corrected chi connectivity index (χ4v) is 2.67. The minimum Gasteiger partial charge on any atom is -0.399 e. The van der Waals surface area contributed by atoms with Gasteiger partial charge in [0.25, 0.3) is 10.0 Å². The number of aromatic nitrogens is 3. The predicted molar refractivity (Wildman–Crippen MR) is 67.4 cm³/mol. The van der Waals surface area contributed by atoms with E-state index >= 15 is 0 Å². The number of nitrogens with two attached hydrogens (primary N) is 1. The Morgan fingerprint density at radius 2 is 2.06 bits per heavy atom. The molecular weight excluding hydrogens is 254 g/mol. The number of nitrogens with zero attached hydrogens (tertiary/aromatic N) is 3. The number of nitrogen functional groups attached to an aromatic ring is 1. The molecule has 1 aromatic heterocycles. The highest BCUT2D eigenvalue weighted by atomic mass is 32.2. The average molecular weight is 267 g/mol. The van der Waals surface area contributed by atoms with Crippen molar-refractivity contribution in [2.24, 2.45) is 7.05 Å². The Labute approximate surface area is 105 Å². The molecule has 8 heteroatoms. The zero-order valence-electron chi connectivity index (χ0n) is 9.95. The number of sulfonamides is 1. The molecule has 0 aliphatic heterocycles. The van der Waals surface area contributed by atoms with E-state index in [1.807, 2.05) is 0 Å². The molecule has 0 unspecified atom stereocenters. The highest BCUT2D eigenvalue weighted by Gasteiger charge is 2.17. The van der Waals surface area contributed by atoms with Crippen molar-refractivity contribution in [3.05, 3.63) is 30.1 Å². The van der Waals surface area contributed by atoms with Gasteiger partial charge in [-0.3, -0.25) is 0 Å². The van der Waals surface area contributed by atoms with Crippen molar-refractivity contribution in [3.8, 4) is 0 Å². The SMILES string of the molecule is Cc1cc(N)cc(S(=O)(=O)Nc2ncnn2C)c1. The Kier molecular flexibility index (Phi) is 2.95. The Bertz CT molecular complexity index is 657. The van der Waals surface area contributed by atoms with Crippen LogP contribution in [0.2, 0.25) is 0 Å². The van der Waals surface area contributed by atoms with Gasteiger partial charge in [0, 0.05) is 12.7 Å². The molecule has 0 saturated carbocycles. The summed E-state index contributed by atoms with van der Waals surface area (Å²) in [7, 11) is -2.11. The molecule has 1 aromatic carbocycles. The van der Waals surface area contributed by atoms with Crippen LogP contribution in [0.1, 0.15) is 5.56 Å². The first kappa shape index (κ1) is 12.4. The summed E-state index contributed by atoms with van der Waals surface area (Å²) in [5.41, 5.74) is 6.80. The number of benzene rings is 1. The molecule has 3 N–H and O–H groups in total. The lowest BCUT2D eigenvalue weighted by molar-refractivity contribution is 0.600. The molecular formula is C10H13N5O2S. The van der Waals surface area contributed by atoms with E-state index in [2.05, 4.69) is 14.8 Å². The topological polar surface area (TPSA) is 103 Å². The molecule has 0 fully saturated rings. The van der Waals surface area contributed by atoms with E-state index in [-0.39, 0.29) is 10.8 Å². The maximum absolute atomic E-state index is 12.1. The number of hydrogen-bond acceptors (Lipinski definition) is 5. The second-order valence-electron chi connectivity index (χ2n) is 3.89. The number of aryl methyl sites for hydroxylation is 2. The van der Waals surface area contributed by atoms with E-state index in [0.717, 1.165) is 5.56 Å². The van der Waals surface area contributed by atoms with Crippen molar-refractivity contribution < 1.29 is 8.42 Å². The number of hydrogen-bond donors (Lipinski definition) is 2. The van der Waals surface area contributed by atoms with Gasteiger partial charge >= 0.3 is 0 Å². The van der Waals surface area contributed by atoms with Crippen LogP contribution in [0.25, 0.3) is 0 Å². The first-order valence-corrected chi connectivity index (χ1v) is 6.61. The molecule has 2 rings (SSSR count). The quantitative estimate of drug-likeness (QED) is 0.788. The Hall–Kier alpha value is -2.09. The maximum Gasteiger partial charge on any atom is 0.264 e. The zero-order chi connectivity index (χ0) is 13.3. The van der Waals surface area contributed by atoms with Crippen LogP contribution in [0.15, 0.2) is 29.4 Å². The zero-order valence-corrected chi connectivity index (χ0v) is 10.8. The molecule has 0 aliphatic rings. The summed E-state index contributed by atoms with van der Waals surface area (Å²) >= 11 is 0. The summed E-state index contributed by atoms with van der Waals surface area (Å²) in [4.78, 5) is 3.90. The maximum atomic E-state index is 12.1. The van der Waals surface area contributed by atoms with Crippen LogP contribution in [0, 0.1) is 6.92 Å². The van der Waals surface area contributed by atoms with Crippen LogP contribution in [0.4, 0.5) is 11.6 Å². The Balaban J connectivity index is 2.40. The minimum absolute atomic E-state index is 0.100. The largest absolute Gasteiger partial charge is 0.399 e. The first-order chi connectivity index (χ1) is 8.38. The lowest BCUT2D eigenvalue weighted by Gasteiger charge is -2.08. The Morgan fingerprint density at radius 3 is 2.61 bits per heavy atom. The fourth-order valence-electron chi connectivity index (χ4n) is 1.50. The van der Waals surface area contributed by atoms with Gasteiger partial charge in [0.05, 0.1) is 4.90 Å². The van der Waals surface area contributed by atoms with Gasteiger partial charge in [-0.25, -0.2) is 17.8 Å². The third kappa shape index (κ3) is 2.43. The van der Waals surface area contributed by atoms with Crippen molar-refractivity contribution in [1.29, 1.82) is 0 Å². The summed E-state index contributed by atoms with van der Waals surface area (Å²) in [6.07, 6.45) is 1.27. The van der Waals surface area contributed by atoms with E-state index in [1.54, 1.807) is 20.0 Å². The van der Waals surface area contributed by atoms with Crippen LogP contribution in [-0.4, -0.2) is 23.2 Å². The summed E-state index contributed by atoms with van der Waals surface area (Å²) in [6, 6.07) is 4.63. The smallest absolute Gasteiger partial charge is 0.264 e. The van der Waals surface area contributed by atoms with Gasteiger partial charge in [-0.15, -0.1) is 0 Å². The van der Waals surface area contributed by atoms with Gasteiger partial charge < -0.3 is 5.73 Å². The van der Waals surface area contributed by atoms with Crippen LogP contribution < -0.4 is 10.5 Å². The molecule has 2 aromatic rings. The van der Waals surface area contributed by atoms with Gasteiger partial charge in [0.15, 0.2) is 0 Å². The molecule has 0 spiro atoms. The molecule has 0 saturated heterocycles. The molecule has 18 heavy (non-hydrogen) atoms. The molecule has 0 atom stereocenters. The van der Waals surface area contributed by atoms with Crippen LogP contribution in [0.5, 0.6) is 0 Å². The van der Waals surface area contributed by atoms with Crippen molar-refractivity contribution in [2.45, 2.75) is 11.8 Å². The van der Waals surface area contributed by atoms with E-state index in [9.17, 15) is 8.42 Å². The van der Waals surface area contributed by atoms with Crippen molar-refractivity contribution >= 4 is 21.7 Å². The predicted octanol–water partition coefficient (Wildman–Crippen LogP) is 0.507. The normalized spacial score (nSPS) is 11.4. The minimum atomic E-state index is -3.70. The number of nitrogens with one attached hydrogen (secondary N) is 1. The van der Waals surface area contributed by atoms with Gasteiger partial charge in [-0.05, 0) is 30.7 Å². The Morgan fingerprint density at radius 1 is 1.33 bits per heavy atom. The molecule has 1 heterocycles. The van der Waals surface area contributed by atoms with Gasteiger partial charge in [-0.1, -0.05) is 0 Å². The second-order valence-corrected chi connectivity index (χ2v) is 5.57. The summed E-state index contributed by atoms with van der Waals surface area (Å²) in [5, 5.41) is 3.78. The first-order valence-electron chi connectivity index (χ1n) is 5.12. The van der Waals surface area contributed by atoms with E-state index in [1.165, 1.54) is 23.1 Å². The van der Waals surface area contributed by atoms with Crippen molar-refractivity contribution in [3.63, 3.8) is 0 Å². The third-order valence-corrected chi connectivity index (χ3v) is 3.63. The lowest BCUT2D eigenvalue weighted by atomic mass is 10.2. The average Bonchev–Trinajstić information content (AvgIpc) is 2.62. The summed E-state index contributed by atoms with van der Waals surface area (Å²) in [6.45, 7) is 1.78. The standard InChI is InChI=1S/C10H13N5O2S/c1-7-3-8(11)5-9(4-7)18(16,17)14-10-12-6-13-15(10)2/h3-6H,11H2,1-2H3,(H,12,13,14). The van der Waals surface area contributed by atoms with Crippen molar-refractivity contribution in [1.82, 2.24) is 14.8 Å². The van der Waals surface area contributed by atoms with Crippen LogP contribution >= 0.6 is 0 Å². The monoisotopic (exact) mass is 267 g/mol. The van der Waals surface area contributed by atoms with E-state index in [4.69, 9.17) is 5.73 Å². The van der Waals surface area contributed by atoms with Crippen LogP contribution in [-0.2, 0) is 17.1 Å². The molecule has 96 valence electrons. The summed E-state index contributed by atoms with van der Waals surface area (Å²) in [5.74, 6) is 0.148. The molecule has 0 bridgehead atoms.